The van der Waals surface area contributed by atoms with Gasteiger partial charge in [-0.3, -0.25) is 4.79 Å². The zero-order chi connectivity index (χ0) is 11.4. The smallest absolute Gasteiger partial charge is 0.181 e. The molecule has 3 aliphatic carbocycles. The Labute approximate surface area is 97.6 Å². The van der Waals surface area contributed by atoms with Crippen molar-refractivity contribution in [1.29, 1.82) is 0 Å². The van der Waals surface area contributed by atoms with Crippen LogP contribution < -0.4 is 0 Å². The molecular weight excluding hydrogens is 196 g/mol. The summed E-state index contributed by atoms with van der Waals surface area (Å²) >= 11 is 0. The molecule has 0 N–H and O–H groups in total. The summed E-state index contributed by atoms with van der Waals surface area (Å²) in [7, 11) is 0. The number of fused-ring (bicyclic) bond motifs is 1. The van der Waals surface area contributed by atoms with Crippen LogP contribution in [0.4, 0.5) is 0 Å². The van der Waals surface area contributed by atoms with Crippen LogP contribution in [0.1, 0.15) is 52.4 Å². The molecule has 3 rings (SSSR count). The van der Waals surface area contributed by atoms with E-state index in [9.17, 15) is 4.79 Å². The summed E-state index contributed by atoms with van der Waals surface area (Å²) in [6, 6.07) is 0. The van der Waals surface area contributed by atoms with Gasteiger partial charge in [0, 0.05) is 5.41 Å². The predicted molar refractivity (Wildman–Crippen MR) is 65.1 cm³/mol. The van der Waals surface area contributed by atoms with Crippen molar-refractivity contribution in [3.8, 4) is 0 Å². The highest BCUT2D eigenvalue weighted by molar-refractivity contribution is 6.05. The maximum Gasteiger partial charge on any atom is 0.181 e. The van der Waals surface area contributed by atoms with Crippen LogP contribution in [0.5, 0.6) is 0 Å². The van der Waals surface area contributed by atoms with Crippen LogP contribution in [0.25, 0.3) is 0 Å². The highest BCUT2D eigenvalue weighted by Gasteiger charge is 2.48. The molecule has 0 radical (unpaired) electrons. The van der Waals surface area contributed by atoms with Gasteiger partial charge in [0.1, 0.15) is 0 Å². The first-order valence-electron chi connectivity index (χ1n) is 6.49. The quantitative estimate of drug-likeness (QED) is 0.602. The van der Waals surface area contributed by atoms with Gasteiger partial charge in [0.25, 0.3) is 0 Å². The van der Waals surface area contributed by atoms with E-state index in [1.165, 1.54) is 37.7 Å². The summed E-state index contributed by atoms with van der Waals surface area (Å²) in [6.07, 6.45) is 11.7. The van der Waals surface area contributed by atoms with E-state index in [0.29, 0.717) is 5.41 Å². The minimum absolute atomic E-state index is 0.245. The fourth-order valence-electron chi connectivity index (χ4n) is 4.23. The minimum Gasteiger partial charge on any atom is -0.290 e. The Bertz CT molecular complexity index is 415. The van der Waals surface area contributed by atoms with Gasteiger partial charge in [0.2, 0.25) is 0 Å². The number of ketones is 1. The molecule has 2 atom stereocenters. The second kappa shape index (κ2) is 3.09. The second-order valence-corrected chi connectivity index (χ2v) is 6.30. The van der Waals surface area contributed by atoms with Crippen molar-refractivity contribution in [3.63, 3.8) is 0 Å². The van der Waals surface area contributed by atoms with Gasteiger partial charge < -0.3 is 0 Å². The number of hydrogen-bond donors (Lipinski definition) is 0. The van der Waals surface area contributed by atoms with Gasteiger partial charge in [-0.05, 0) is 56.1 Å². The first-order valence-corrected chi connectivity index (χ1v) is 6.49. The summed E-state index contributed by atoms with van der Waals surface area (Å²) in [4.78, 5) is 11.7. The first kappa shape index (κ1) is 10.3. The van der Waals surface area contributed by atoms with Crippen molar-refractivity contribution in [2.75, 3.05) is 0 Å². The Morgan fingerprint density at radius 3 is 2.88 bits per heavy atom. The Morgan fingerprint density at radius 1 is 1.25 bits per heavy atom. The van der Waals surface area contributed by atoms with E-state index in [1.54, 1.807) is 0 Å². The predicted octanol–water partition coefficient (Wildman–Crippen LogP) is 3.80. The normalized spacial score (nSPS) is 42.2. The molecule has 16 heavy (non-hydrogen) atoms. The average Bonchev–Trinajstić information content (AvgIpc) is 2.23. The molecule has 2 fully saturated rings. The van der Waals surface area contributed by atoms with E-state index in [2.05, 4.69) is 13.0 Å². The van der Waals surface area contributed by atoms with E-state index < -0.39 is 0 Å². The van der Waals surface area contributed by atoms with Crippen LogP contribution in [-0.2, 0) is 4.79 Å². The van der Waals surface area contributed by atoms with Crippen molar-refractivity contribution in [3.05, 3.63) is 23.3 Å². The van der Waals surface area contributed by atoms with Gasteiger partial charge in [-0.1, -0.05) is 25.0 Å². The summed E-state index contributed by atoms with van der Waals surface area (Å²) in [6.45, 7) is 4.46. The Hall–Kier alpha value is -0.850. The molecule has 86 valence electrons. The van der Waals surface area contributed by atoms with Gasteiger partial charge >= 0.3 is 0 Å². The molecule has 2 saturated carbocycles. The molecule has 3 aliphatic rings. The number of carbonyl (C=O) groups is 1. The Kier molecular flexibility index (Phi) is 1.99. The Morgan fingerprint density at radius 2 is 2.06 bits per heavy atom. The van der Waals surface area contributed by atoms with Crippen molar-refractivity contribution in [2.45, 2.75) is 52.4 Å². The van der Waals surface area contributed by atoms with Crippen LogP contribution in [0.2, 0.25) is 0 Å². The number of carbonyl (C=O) groups excluding carboxylic acids is 1. The van der Waals surface area contributed by atoms with Crippen LogP contribution in [-0.4, -0.2) is 5.78 Å². The molecule has 1 nitrogen and oxygen atoms in total. The number of allylic oxidation sites excluding steroid dienone is 4. The number of rotatable bonds is 0. The molecule has 0 saturated heterocycles. The third-order valence-corrected chi connectivity index (χ3v) is 5.10. The fourth-order valence-corrected chi connectivity index (χ4v) is 4.23. The third-order valence-electron chi connectivity index (χ3n) is 5.10. The Balaban J connectivity index is 2.09. The van der Waals surface area contributed by atoms with Crippen molar-refractivity contribution < 1.29 is 4.79 Å². The van der Waals surface area contributed by atoms with Gasteiger partial charge in [0.15, 0.2) is 5.78 Å². The third kappa shape index (κ3) is 1.27. The monoisotopic (exact) mass is 216 g/mol. The van der Waals surface area contributed by atoms with Gasteiger partial charge in [-0.2, -0.15) is 0 Å². The van der Waals surface area contributed by atoms with Crippen LogP contribution in [0, 0.1) is 10.8 Å². The van der Waals surface area contributed by atoms with E-state index in [1.807, 2.05) is 13.0 Å². The molecule has 1 spiro atoms. The van der Waals surface area contributed by atoms with Crippen LogP contribution >= 0.6 is 0 Å². The summed E-state index contributed by atoms with van der Waals surface area (Å²) in [5.74, 6) is 0.245. The van der Waals surface area contributed by atoms with E-state index in [0.717, 1.165) is 12.0 Å². The molecule has 2 bridgehead atoms. The highest BCUT2D eigenvalue weighted by atomic mass is 16.1. The molecular formula is C15H20O. The summed E-state index contributed by atoms with van der Waals surface area (Å²) in [5, 5.41) is 0. The lowest BCUT2D eigenvalue weighted by Gasteiger charge is -2.52. The summed E-state index contributed by atoms with van der Waals surface area (Å²) in [5.41, 5.74) is 3.32. The van der Waals surface area contributed by atoms with Gasteiger partial charge in [-0.15, -0.1) is 0 Å². The lowest BCUT2D eigenvalue weighted by Crippen LogP contribution is -2.41. The van der Waals surface area contributed by atoms with Gasteiger partial charge in [0.05, 0.1) is 0 Å². The fraction of sp³-hybridized carbons (Fsp3) is 0.667. The standard InChI is InChI=1S/C15H20O/c1-11-12-4-8-14(2)6-3-7-15(12,10-14)9-5-13(11)16/h5,9H,3-4,6-8,10H2,1-2H3. The molecule has 0 aromatic carbocycles. The van der Waals surface area contributed by atoms with E-state index in [4.69, 9.17) is 0 Å². The zero-order valence-electron chi connectivity index (χ0n) is 10.3. The van der Waals surface area contributed by atoms with E-state index >= 15 is 0 Å². The minimum atomic E-state index is 0.245. The highest BCUT2D eigenvalue weighted by Crippen LogP contribution is 2.60. The lowest BCUT2D eigenvalue weighted by molar-refractivity contribution is -0.111. The molecule has 1 heteroatoms. The molecule has 2 unspecified atom stereocenters. The zero-order valence-corrected chi connectivity index (χ0v) is 10.3. The molecule has 0 aromatic rings. The molecule has 0 aliphatic heterocycles. The molecule has 0 heterocycles. The second-order valence-electron chi connectivity index (χ2n) is 6.30. The average molecular weight is 216 g/mol. The topological polar surface area (TPSA) is 17.1 Å². The van der Waals surface area contributed by atoms with E-state index in [-0.39, 0.29) is 11.2 Å². The summed E-state index contributed by atoms with van der Waals surface area (Å²) < 4.78 is 0. The first-order chi connectivity index (χ1) is 7.55. The molecule has 0 amide bonds. The SMILES string of the molecule is CC1=C2CCC3(C)CCCC2(C=CC1=O)C3. The maximum absolute atomic E-state index is 11.7. The number of hydrogen-bond acceptors (Lipinski definition) is 1. The maximum atomic E-state index is 11.7. The van der Waals surface area contributed by atoms with Crippen molar-refractivity contribution in [1.82, 2.24) is 0 Å². The van der Waals surface area contributed by atoms with Crippen molar-refractivity contribution in [2.24, 2.45) is 10.8 Å². The van der Waals surface area contributed by atoms with Gasteiger partial charge in [-0.25, -0.2) is 0 Å². The largest absolute Gasteiger partial charge is 0.290 e. The van der Waals surface area contributed by atoms with Crippen LogP contribution in [0.15, 0.2) is 23.3 Å². The molecule has 0 aromatic heterocycles. The van der Waals surface area contributed by atoms with Crippen molar-refractivity contribution >= 4 is 5.78 Å². The lowest BCUT2D eigenvalue weighted by atomic mass is 9.52. The van der Waals surface area contributed by atoms with Crippen LogP contribution in [0.3, 0.4) is 0 Å².